The lowest BCUT2D eigenvalue weighted by atomic mass is 9.96. The van der Waals surface area contributed by atoms with Crippen LogP contribution in [0.2, 0.25) is 0 Å². The van der Waals surface area contributed by atoms with Gasteiger partial charge in [-0.25, -0.2) is 13.1 Å². The molecule has 0 aliphatic carbocycles. The number of rotatable bonds is 3. The van der Waals surface area contributed by atoms with E-state index in [9.17, 15) is 8.42 Å². The summed E-state index contributed by atoms with van der Waals surface area (Å²) >= 11 is 0. The predicted molar refractivity (Wildman–Crippen MR) is 78.2 cm³/mol. The number of hydrogen-bond acceptors (Lipinski definition) is 5. The van der Waals surface area contributed by atoms with Gasteiger partial charge in [0.05, 0.1) is 4.90 Å². The standard InChI is InChI=1S/C14H20N2O4S/c1-10-4-5-15-9-12(10)16-21(17,18)11-2-3-13-14(8-11)20-7-6-19-13/h2-3,8,10,12,15-16H,4-7,9H2,1H3. The van der Waals surface area contributed by atoms with E-state index in [1.807, 2.05) is 0 Å². The summed E-state index contributed by atoms with van der Waals surface area (Å²) in [6, 6.07) is 4.64. The SMILES string of the molecule is CC1CCNCC1NS(=O)(=O)c1ccc2c(c1)OCCO2. The van der Waals surface area contributed by atoms with Crippen molar-refractivity contribution in [1.29, 1.82) is 0 Å². The normalized spacial score (nSPS) is 25.6. The molecule has 3 rings (SSSR count). The lowest BCUT2D eigenvalue weighted by Gasteiger charge is -2.30. The van der Waals surface area contributed by atoms with Gasteiger partial charge in [0.1, 0.15) is 13.2 Å². The average Bonchev–Trinajstić information content (AvgIpc) is 2.49. The number of fused-ring (bicyclic) bond motifs is 1. The minimum atomic E-state index is -3.55. The van der Waals surface area contributed by atoms with Crippen molar-refractivity contribution in [2.45, 2.75) is 24.3 Å². The van der Waals surface area contributed by atoms with Crippen LogP contribution < -0.4 is 19.5 Å². The summed E-state index contributed by atoms with van der Waals surface area (Å²) in [5.41, 5.74) is 0. The number of piperidine rings is 1. The molecule has 0 aromatic heterocycles. The van der Waals surface area contributed by atoms with Gasteiger partial charge >= 0.3 is 0 Å². The second kappa shape index (κ2) is 5.82. The summed E-state index contributed by atoms with van der Waals surface area (Å²) in [6.07, 6.45) is 0.967. The lowest BCUT2D eigenvalue weighted by Crippen LogP contribution is -2.50. The molecule has 2 aliphatic rings. The highest BCUT2D eigenvalue weighted by molar-refractivity contribution is 7.89. The molecule has 7 heteroatoms. The van der Waals surface area contributed by atoms with E-state index >= 15 is 0 Å². The third-order valence-corrected chi connectivity index (χ3v) is 5.45. The van der Waals surface area contributed by atoms with E-state index < -0.39 is 10.0 Å². The van der Waals surface area contributed by atoms with Crippen molar-refractivity contribution >= 4 is 10.0 Å². The van der Waals surface area contributed by atoms with Crippen LogP contribution in [0.3, 0.4) is 0 Å². The summed E-state index contributed by atoms with van der Waals surface area (Å²) < 4.78 is 38.6. The van der Waals surface area contributed by atoms with E-state index in [1.165, 1.54) is 6.07 Å². The predicted octanol–water partition coefficient (Wildman–Crippen LogP) is 0.734. The van der Waals surface area contributed by atoms with Crippen molar-refractivity contribution in [2.24, 2.45) is 5.92 Å². The molecule has 6 nitrogen and oxygen atoms in total. The zero-order chi connectivity index (χ0) is 14.9. The van der Waals surface area contributed by atoms with Gasteiger partial charge in [0.2, 0.25) is 10.0 Å². The molecule has 1 saturated heterocycles. The van der Waals surface area contributed by atoms with Gasteiger partial charge in [-0.3, -0.25) is 0 Å². The summed E-state index contributed by atoms with van der Waals surface area (Å²) in [5.74, 6) is 1.39. The van der Waals surface area contributed by atoms with Crippen LogP contribution in [0.15, 0.2) is 23.1 Å². The smallest absolute Gasteiger partial charge is 0.241 e. The molecule has 2 atom stereocenters. The van der Waals surface area contributed by atoms with Crippen LogP contribution in [0.4, 0.5) is 0 Å². The van der Waals surface area contributed by atoms with E-state index in [0.717, 1.165) is 13.0 Å². The monoisotopic (exact) mass is 312 g/mol. The van der Waals surface area contributed by atoms with Gasteiger partial charge in [0.15, 0.2) is 11.5 Å². The van der Waals surface area contributed by atoms with Gasteiger partial charge in [-0.2, -0.15) is 0 Å². The number of ether oxygens (including phenoxy) is 2. The van der Waals surface area contributed by atoms with Gasteiger partial charge in [-0.05, 0) is 31.0 Å². The quantitative estimate of drug-likeness (QED) is 0.861. The molecule has 0 radical (unpaired) electrons. The second-order valence-electron chi connectivity index (χ2n) is 5.50. The van der Waals surface area contributed by atoms with Crippen LogP contribution in [0.5, 0.6) is 11.5 Å². The summed E-state index contributed by atoms with van der Waals surface area (Å²) in [6.45, 7) is 4.59. The fourth-order valence-electron chi connectivity index (χ4n) is 2.61. The zero-order valence-electron chi connectivity index (χ0n) is 12.0. The third-order valence-electron chi connectivity index (χ3n) is 3.96. The summed E-state index contributed by atoms with van der Waals surface area (Å²) in [5, 5.41) is 3.22. The fourth-order valence-corrected chi connectivity index (χ4v) is 3.97. The van der Waals surface area contributed by atoms with Crippen molar-refractivity contribution in [3.05, 3.63) is 18.2 Å². The minimum Gasteiger partial charge on any atom is -0.486 e. The molecule has 116 valence electrons. The molecular weight excluding hydrogens is 292 g/mol. The highest BCUT2D eigenvalue weighted by Gasteiger charge is 2.27. The molecule has 2 unspecified atom stereocenters. The molecule has 1 fully saturated rings. The molecule has 1 aromatic carbocycles. The second-order valence-corrected chi connectivity index (χ2v) is 7.22. The van der Waals surface area contributed by atoms with Crippen molar-refractivity contribution in [1.82, 2.24) is 10.0 Å². The number of benzene rings is 1. The summed E-state index contributed by atoms with van der Waals surface area (Å²) in [4.78, 5) is 0.213. The highest BCUT2D eigenvalue weighted by atomic mass is 32.2. The Morgan fingerprint density at radius 2 is 2.00 bits per heavy atom. The van der Waals surface area contributed by atoms with Crippen molar-refractivity contribution in [3.63, 3.8) is 0 Å². The number of sulfonamides is 1. The van der Waals surface area contributed by atoms with Crippen LogP contribution in [-0.2, 0) is 10.0 Å². The van der Waals surface area contributed by atoms with Gasteiger partial charge in [0, 0.05) is 18.7 Å². The number of nitrogens with one attached hydrogen (secondary N) is 2. The first-order chi connectivity index (χ1) is 10.1. The van der Waals surface area contributed by atoms with Crippen LogP contribution in [-0.4, -0.2) is 40.8 Å². The molecule has 0 bridgehead atoms. The molecule has 21 heavy (non-hydrogen) atoms. The topological polar surface area (TPSA) is 76.7 Å². The molecule has 2 heterocycles. The van der Waals surface area contributed by atoms with E-state index in [-0.39, 0.29) is 10.9 Å². The first kappa shape index (κ1) is 14.6. The van der Waals surface area contributed by atoms with Gasteiger partial charge in [-0.15, -0.1) is 0 Å². The van der Waals surface area contributed by atoms with E-state index in [2.05, 4.69) is 17.0 Å². The van der Waals surface area contributed by atoms with Crippen LogP contribution >= 0.6 is 0 Å². The van der Waals surface area contributed by atoms with Crippen molar-refractivity contribution in [2.75, 3.05) is 26.3 Å². The van der Waals surface area contributed by atoms with Crippen molar-refractivity contribution in [3.8, 4) is 11.5 Å². The molecule has 0 amide bonds. The molecular formula is C14H20N2O4S. The largest absolute Gasteiger partial charge is 0.486 e. The summed E-state index contributed by atoms with van der Waals surface area (Å²) in [7, 11) is -3.55. The lowest BCUT2D eigenvalue weighted by molar-refractivity contribution is 0.171. The van der Waals surface area contributed by atoms with Gasteiger partial charge < -0.3 is 14.8 Å². The van der Waals surface area contributed by atoms with Crippen LogP contribution in [0.25, 0.3) is 0 Å². The maximum absolute atomic E-state index is 12.5. The van der Waals surface area contributed by atoms with E-state index in [4.69, 9.17) is 9.47 Å². The van der Waals surface area contributed by atoms with Crippen LogP contribution in [0.1, 0.15) is 13.3 Å². The number of hydrogen-bond donors (Lipinski definition) is 2. The van der Waals surface area contributed by atoms with Gasteiger partial charge in [-0.1, -0.05) is 6.92 Å². The Hall–Kier alpha value is -1.31. The van der Waals surface area contributed by atoms with Gasteiger partial charge in [0.25, 0.3) is 0 Å². The first-order valence-corrected chi connectivity index (χ1v) is 8.67. The minimum absolute atomic E-state index is 0.0862. The Balaban J connectivity index is 1.81. The molecule has 2 N–H and O–H groups in total. The fraction of sp³-hybridized carbons (Fsp3) is 0.571. The average molecular weight is 312 g/mol. The maximum atomic E-state index is 12.5. The Morgan fingerprint density at radius 1 is 1.24 bits per heavy atom. The molecule has 0 spiro atoms. The Morgan fingerprint density at radius 3 is 2.76 bits per heavy atom. The highest BCUT2D eigenvalue weighted by Crippen LogP contribution is 2.32. The first-order valence-electron chi connectivity index (χ1n) is 7.19. The molecule has 0 saturated carbocycles. The van der Waals surface area contributed by atoms with Crippen LogP contribution in [0, 0.1) is 5.92 Å². The maximum Gasteiger partial charge on any atom is 0.241 e. The molecule has 1 aromatic rings. The van der Waals surface area contributed by atoms with Crippen molar-refractivity contribution < 1.29 is 17.9 Å². The Bertz CT molecular complexity index is 617. The van der Waals surface area contributed by atoms with E-state index in [1.54, 1.807) is 12.1 Å². The third kappa shape index (κ3) is 3.14. The Labute approximate surface area is 124 Å². The molecule has 2 aliphatic heterocycles. The Kier molecular flexibility index (Phi) is 4.05. The zero-order valence-corrected chi connectivity index (χ0v) is 12.8. The van der Waals surface area contributed by atoms with E-state index in [0.29, 0.717) is 37.2 Å².